The number of hydrogen-bond acceptors (Lipinski definition) is 5. The van der Waals surface area contributed by atoms with E-state index in [4.69, 9.17) is 4.74 Å². The molecule has 0 bridgehead atoms. The van der Waals surface area contributed by atoms with Crippen molar-refractivity contribution in [2.45, 2.75) is 6.92 Å². The predicted octanol–water partition coefficient (Wildman–Crippen LogP) is 2.01. The van der Waals surface area contributed by atoms with Crippen molar-refractivity contribution in [3.05, 3.63) is 42.1 Å². The number of benzene rings is 1. The highest BCUT2D eigenvalue weighted by atomic mass is 16.5. The molecule has 0 fully saturated rings. The Morgan fingerprint density at radius 3 is 3.05 bits per heavy atom. The smallest absolute Gasteiger partial charge is 0.255 e. The minimum atomic E-state index is -0.249. The van der Waals surface area contributed by atoms with Crippen LogP contribution in [0.3, 0.4) is 0 Å². The van der Waals surface area contributed by atoms with Crippen molar-refractivity contribution in [1.82, 2.24) is 20.0 Å². The average Bonchev–Trinajstić information content (AvgIpc) is 2.90. The number of pyridine rings is 1. The van der Waals surface area contributed by atoms with Gasteiger partial charge >= 0.3 is 0 Å². The highest BCUT2D eigenvalue weighted by Crippen LogP contribution is 2.22. The summed E-state index contributed by atoms with van der Waals surface area (Å²) >= 11 is 0. The van der Waals surface area contributed by atoms with Gasteiger partial charge in [0.05, 0.1) is 12.1 Å². The molecule has 0 aliphatic carbocycles. The standard InChI is InChI=1S/C15H15N5O2/c1-3-22-15-11(5-4-8-16-15)17-14(21)10-6-7-13-12(9-10)18-19-20(13)2/h4-9H,3H2,1-2H3,(H,17,21). The second-order valence-electron chi connectivity index (χ2n) is 4.66. The molecule has 0 saturated carbocycles. The third-order valence-corrected chi connectivity index (χ3v) is 3.17. The van der Waals surface area contributed by atoms with Crippen molar-refractivity contribution < 1.29 is 9.53 Å². The maximum atomic E-state index is 12.4. The highest BCUT2D eigenvalue weighted by Gasteiger charge is 2.12. The van der Waals surface area contributed by atoms with Gasteiger partial charge in [0.2, 0.25) is 5.88 Å². The van der Waals surface area contributed by atoms with Gasteiger partial charge in [-0.3, -0.25) is 4.79 Å². The van der Waals surface area contributed by atoms with Crippen LogP contribution in [0, 0.1) is 0 Å². The Morgan fingerprint density at radius 2 is 2.23 bits per heavy atom. The summed E-state index contributed by atoms with van der Waals surface area (Å²) in [6, 6.07) is 8.74. The number of carbonyl (C=O) groups is 1. The van der Waals surface area contributed by atoms with E-state index in [-0.39, 0.29) is 5.91 Å². The molecular formula is C15H15N5O2. The molecule has 2 aromatic heterocycles. The van der Waals surface area contributed by atoms with Gasteiger partial charge in [0.15, 0.2) is 0 Å². The summed E-state index contributed by atoms with van der Waals surface area (Å²) in [5.41, 5.74) is 2.58. The maximum absolute atomic E-state index is 12.4. The largest absolute Gasteiger partial charge is 0.476 e. The van der Waals surface area contributed by atoms with Gasteiger partial charge in [-0.15, -0.1) is 5.10 Å². The number of nitrogens with one attached hydrogen (secondary N) is 1. The lowest BCUT2D eigenvalue weighted by Crippen LogP contribution is -2.13. The molecule has 0 aliphatic heterocycles. The van der Waals surface area contributed by atoms with Crippen molar-refractivity contribution in [3.8, 4) is 5.88 Å². The van der Waals surface area contributed by atoms with Crippen LogP contribution in [0.5, 0.6) is 5.88 Å². The molecule has 2 heterocycles. The van der Waals surface area contributed by atoms with Crippen LogP contribution in [0.25, 0.3) is 11.0 Å². The van der Waals surface area contributed by atoms with E-state index in [1.54, 1.807) is 42.2 Å². The average molecular weight is 297 g/mol. The van der Waals surface area contributed by atoms with E-state index in [2.05, 4.69) is 20.6 Å². The Labute approximate surface area is 126 Å². The molecular weight excluding hydrogens is 282 g/mol. The van der Waals surface area contributed by atoms with Crippen molar-refractivity contribution in [2.24, 2.45) is 7.05 Å². The van der Waals surface area contributed by atoms with Crippen LogP contribution in [-0.4, -0.2) is 32.5 Å². The summed E-state index contributed by atoms with van der Waals surface area (Å²) < 4.78 is 7.05. The number of rotatable bonds is 4. The Bertz CT molecular complexity index is 828. The van der Waals surface area contributed by atoms with Crippen molar-refractivity contribution in [1.29, 1.82) is 0 Å². The number of amides is 1. The fourth-order valence-corrected chi connectivity index (χ4v) is 2.11. The third-order valence-electron chi connectivity index (χ3n) is 3.17. The lowest BCUT2D eigenvalue weighted by molar-refractivity contribution is 0.102. The second kappa shape index (κ2) is 5.80. The second-order valence-corrected chi connectivity index (χ2v) is 4.66. The zero-order valence-electron chi connectivity index (χ0n) is 12.3. The van der Waals surface area contributed by atoms with Crippen molar-refractivity contribution in [3.63, 3.8) is 0 Å². The number of fused-ring (bicyclic) bond motifs is 1. The molecule has 3 rings (SSSR count). The third kappa shape index (κ3) is 2.60. The van der Waals surface area contributed by atoms with E-state index >= 15 is 0 Å². The number of carbonyl (C=O) groups excluding carboxylic acids is 1. The van der Waals surface area contributed by atoms with Gasteiger partial charge in [0.25, 0.3) is 5.91 Å². The number of aryl methyl sites for hydroxylation is 1. The molecule has 0 saturated heterocycles. The van der Waals surface area contributed by atoms with E-state index in [0.717, 1.165) is 5.52 Å². The molecule has 7 heteroatoms. The number of anilines is 1. The maximum Gasteiger partial charge on any atom is 0.255 e. The van der Waals surface area contributed by atoms with E-state index in [9.17, 15) is 4.79 Å². The lowest BCUT2D eigenvalue weighted by Gasteiger charge is -2.10. The summed E-state index contributed by atoms with van der Waals surface area (Å²) in [5.74, 6) is 0.153. The van der Waals surface area contributed by atoms with Crippen LogP contribution in [-0.2, 0) is 7.05 Å². The molecule has 0 spiro atoms. The Hall–Kier alpha value is -2.96. The van der Waals surface area contributed by atoms with Gasteiger partial charge < -0.3 is 10.1 Å². The normalized spacial score (nSPS) is 10.6. The van der Waals surface area contributed by atoms with Crippen LogP contribution in [0.2, 0.25) is 0 Å². The van der Waals surface area contributed by atoms with E-state index in [1.807, 2.05) is 13.0 Å². The van der Waals surface area contributed by atoms with Gasteiger partial charge in [0, 0.05) is 18.8 Å². The van der Waals surface area contributed by atoms with Gasteiger partial charge in [-0.25, -0.2) is 9.67 Å². The summed E-state index contributed by atoms with van der Waals surface area (Å²) in [7, 11) is 1.80. The quantitative estimate of drug-likeness (QED) is 0.796. The topological polar surface area (TPSA) is 81.9 Å². The summed E-state index contributed by atoms with van der Waals surface area (Å²) in [5, 5.41) is 10.7. The molecule has 0 atom stereocenters. The number of hydrogen-bond donors (Lipinski definition) is 1. The van der Waals surface area contributed by atoms with E-state index in [1.165, 1.54) is 0 Å². The number of nitrogens with zero attached hydrogens (tertiary/aromatic N) is 4. The van der Waals surface area contributed by atoms with Crippen molar-refractivity contribution in [2.75, 3.05) is 11.9 Å². The molecule has 1 N–H and O–H groups in total. The first-order valence-electron chi connectivity index (χ1n) is 6.87. The SMILES string of the molecule is CCOc1ncccc1NC(=O)c1ccc2c(c1)nnn2C. The molecule has 3 aromatic rings. The van der Waals surface area contributed by atoms with Crippen LogP contribution in [0.1, 0.15) is 17.3 Å². The van der Waals surface area contributed by atoms with Gasteiger partial charge in [-0.1, -0.05) is 5.21 Å². The molecule has 7 nitrogen and oxygen atoms in total. The van der Waals surface area contributed by atoms with E-state index < -0.39 is 0 Å². The van der Waals surface area contributed by atoms with Gasteiger partial charge in [-0.05, 0) is 37.3 Å². The lowest BCUT2D eigenvalue weighted by atomic mass is 10.2. The zero-order valence-corrected chi connectivity index (χ0v) is 12.3. The van der Waals surface area contributed by atoms with E-state index in [0.29, 0.717) is 29.3 Å². The molecule has 1 amide bonds. The Balaban J connectivity index is 1.87. The van der Waals surface area contributed by atoms with Crippen LogP contribution in [0.4, 0.5) is 5.69 Å². The zero-order chi connectivity index (χ0) is 15.5. The Morgan fingerprint density at radius 1 is 1.36 bits per heavy atom. The summed E-state index contributed by atoms with van der Waals surface area (Å²) in [6.07, 6.45) is 1.62. The molecule has 1 aromatic carbocycles. The molecule has 22 heavy (non-hydrogen) atoms. The summed E-state index contributed by atoms with van der Waals surface area (Å²) in [4.78, 5) is 16.5. The highest BCUT2D eigenvalue weighted by molar-refractivity contribution is 6.06. The number of aromatic nitrogens is 4. The number of ether oxygens (including phenoxy) is 1. The fourth-order valence-electron chi connectivity index (χ4n) is 2.11. The molecule has 0 aliphatic rings. The molecule has 0 radical (unpaired) electrons. The monoisotopic (exact) mass is 297 g/mol. The van der Waals surface area contributed by atoms with Crippen molar-refractivity contribution >= 4 is 22.6 Å². The van der Waals surface area contributed by atoms with Gasteiger partial charge in [-0.2, -0.15) is 0 Å². The minimum absolute atomic E-state index is 0.249. The molecule has 112 valence electrons. The van der Waals surface area contributed by atoms with Crippen LogP contribution in [0.15, 0.2) is 36.5 Å². The fraction of sp³-hybridized carbons (Fsp3) is 0.200. The van der Waals surface area contributed by atoms with Crippen LogP contribution >= 0.6 is 0 Å². The first-order chi connectivity index (χ1) is 10.7. The molecule has 0 unspecified atom stereocenters. The van der Waals surface area contributed by atoms with Gasteiger partial charge in [0.1, 0.15) is 11.2 Å². The first kappa shape index (κ1) is 14.0. The predicted molar refractivity (Wildman–Crippen MR) is 81.9 cm³/mol. The minimum Gasteiger partial charge on any atom is -0.476 e. The summed E-state index contributed by atoms with van der Waals surface area (Å²) in [6.45, 7) is 2.34. The van der Waals surface area contributed by atoms with Crippen LogP contribution < -0.4 is 10.1 Å². The first-order valence-corrected chi connectivity index (χ1v) is 6.87. The Kier molecular flexibility index (Phi) is 3.69.